The van der Waals surface area contributed by atoms with E-state index < -0.39 is 0 Å². The Balaban J connectivity index is 1.75. The topological polar surface area (TPSA) is 79.8 Å². The lowest BCUT2D eigenvalue weighted by atomic mass is 10.2. The van der Waals surface area contributed by atoms with Crippen LogP contribution in [0.3, 0.4) is 0 Å². The normalized spacial score (nSPS) is 17.8. The van der Waals surface area contributed by atoms with E-state index in [0.717, 1.165) is 48.8 Å². The van der Waals surface area contributed by atoms with Crippen LogP contribution in [0, 0.1) is 0 Å². The lowest BCUT2D eigenvalue weighted by molar-refractivity contribution is -0.111. The average molecular weight is 369 g/mol. The van der Waals surface area contributed by atoms with E-state index in [9.17, 15) is 4.79 Å². The van der Waals surface area contributed by atoms with Crippen molar-refractivity contribution in [3.63, 3.8) is 0 Å². The third-order valence-corrected chi connectivity index (χ3v) is 4.70. The third kappa shape index (κ3) is 3.86. The number of morpholine rings is 2. The number of anilines is 3. The van der Waals surface area contributed by atoms with E-state index in [-0.39, 0.29) is 5.91 Å². The van der Waals surface area contributed by atoms with Gasteiger partial charge < -0.3 is 24.6 Å². The van der Waals surface area contributed by atoms with Gasteiger partial charge in [-0.05, 0) is 24.3 Å². The Hall–Kier alpha value is -2.71. The molecule has 0 atom stereocenters. The molecule has 4 rings (SSSR count). The van der Waals surface area contributed by atoms with Crippen LogP contribution < -0.4 is 15.1 Å². The van der Waals surface area contributed by atoms with Crippen LogP contribution in [0.4, 0.5) is 17.3 Å². The second kappa shape index (κ2) is 7.89. The summed E-state index contributed by atoms with van der Waals surface area (Å²) >= 11 is 0. The maximum absolute atomic E-state index is 11.6. The summed E-state index contributed by atoms with van der Waals surface area (Å²) in [6.45, 7) is 9.38. The predicted molar refractivity (Wildman–Crippen MR) is 104 cm³/mol. The van der Waals surface area contributed by atoms with Crippen LogP contribution in [-0.2, 0) is 14.3 Å². The van der Waals surface area contributed by atoms with Gasteiger partial charge in [-0.15, -0.1) is 0 Å². The third-order valence-electron chi connectivity index (χ3n) is 4.70. The van der Waals surface area contributed by atoms with E-state index in [1.807, 2.05) is 18.2 Å². The molecule has 8 heteroatoms. The van der Waals surface area contributed by atoms with E-state index in [4.69, 9.17) is 19.4 Å². The zero-order valence-corrected chi connectivity index (χ0v) is 15.2. The van der Waals surface area contributed by atoms with Crippen molar-refractivity contribution in [2.75, 3.05) is 67.7 Å². The molecular formula is C19H23N5O3. The predicted octanol–water partition coefficient (Wildman–Crippen LogP) is 1.43. The zero-order chi connectivity index (χ0) is 18.6. The fourth-order valence-electron chi connectivity index (χ4n) is 3.28. The Morgan fingerprint density at radius 1 is 0.963 bits per heavy atom. The van der Waals surface area contributed by atoms with Crippen molar-refractivity contribution >= 4 is 34.3 Å². The Labute approximate surface area is 157 Å². The smallest absolute Gasteiger partial charge is 0.247 e. The Kier molecular flexibility index (Phi) is 5.17. The Morgan fingerprint density at radius 3 is 2.07 bits per heavy atom. The number of carbonyl (C=O) groups is 1. The number of rotatable bonds is 4. The molecule has 2 aliphatic rings. The van der Waals surface area contributed by atoms with Crippen molar-refractivity contribution < 1.29 is 14.3 Å². The number of nitrogens with one attached hydrogen (secondary N) is 1. The van der Waals surface area contributed by atoms with Crippen LogP contribution >= 0.6 is 0 Å². The molecule has 0 saturated carbocycles. The maximum atomic E-state index is 11.6. The number of hydrogen-bond acceptors (Lipinski definition) is 7. The van der Waals surface area contributed by atoms with Gasteiger partial charge in [0.2, 0.25) is 5.91 Å². The van der Waals surface area contributed by atoms with Crippen molar-refractivity contribution in [2.24, 2.45) is 0 Å². The van der Waals surface area contributed by atoms with Gasteiger partial charge in [-0.3, -0.25) is 4.79 Å². The maximum Gasteiger partial charge on any atom is 0.247 e. The van der Waals surface area contributed by atoms with Crippen LogP contribution in [0.2, 0.25) is 0 Å². The summed E-state index contributed by atoms with van der Waals surface area (Å²) in [5.74, 6) is 1.50. The number of benzene rings is 1. The van der Waals surface area contributed by atoms with Gasteiger partial charge in [-0.2, -0.15) is 0 Å². The molecule has 2 fully saturated rings. The molecule has 0 aliphatic carbocycles. The van der Waals surface area contributed by atoms with Crippen molar-refractivity contribution in [1.29, 1.82) is 0 Å². The molecule has 2 aromatic rings. The minimum atomic E-state index is -0.249. The molecule has 0 bridgehead atoms. The van der Waals surface area contributed by atoms with Crippen molar-refractivity contribution in [3.05, 3.63) is 30.9 Å². The highest BCUT2D eigenvalue weighted by molar-refractivity contribution is 6.00. The number of ether oxygens (including phenoxy) is 2. The number of aromatic nitrogens is 2. The minimum absolute atomic E-state index is 0.249. The Morgan fingerprint density at radius 2 is 1.52 bits per heavy atom. The van der Waals surface area contributed by atoms with Gasteiger partial charge in [0.25, 0.3) is 0 Å². The lowest BCUT2D eigenvalue weighted by Crippen LogP contribution is -2.41. The molecule has 1 amide bonds. The minimum Gasteiger partial charge on any atom is -0.378 e. The molecule has 0 spiro atoms. The molecule has 142 valence electrons. The molecular weight excluding hydrogens is 346 g/mol. The van der Waals surface area contributed by atoms with Crippen molar-refractivity contribution in [2.45, 2.75) is 0 Å². The molecule has 8 nitrogen and oxygen atoms in total. The standard InChI is InChI=1S/C19H23N5O3/c1-2-17(25)20-14-3-4-15-16(13-14)22-19(24-7-11-27-12-8-24)18(21-15)23-5-9-26-10-6-23/h2-4,13H,1,5-12H2,(H,20,25). The second-order valence-corrected chi connectivity index (χ2v) is 6.47. The quantitative estimate of drug-likeness (QED) is 0.817. The summed E-state index contributed by atoms with van der Waals surface area (Å²) in [4.78, 5) is 25.9. The SMILES string of the molecule is C=CC(=O)Nc1ccc2nc(N3CCOCC3)c(N3CCOCC3)nc2c1. The van der Waals surface area contributed by atoms with Gasteiger partial charge in [0.15, 0.2) is 11.6 Å². The van der Waals surface area contributed by atoms with Gasteiger partial charge in [-0.25, -0.2) is 9.97 Å². The highest BCUT2D eigenvalue weighted by Crippen LogP contribution is 2.30. The van der Waals surface area contributed by atoms with Gasteiger partial charge in [0.1, 0.15) is 0 Å². The van der Waals surface area contributed by atoms with E-state index >= 15 is 0 Å². The number of hydrogen-bond donors (Lipinski definition) is 1. The van der Waals surface area contributed by atoms with Gasteiger partial charge in [0.05, 0.1) is 37.5 Å². The zero-order valence-electron chi connectivity index (χ0n) is 15.2. The van der Waals surface area contributed by atoms with Crippen LogP contribution in [0.1, 0.15) is 0 Å². The van der Waals surface area contributed by atoms with Crippen LogP contribution in [-0.4, -0.2) is 68.5 Å². The second-order valence-electron chi connectivity index (χ2n) is 6.47. The molecule has 1 aromatic heterocycles. The number of fused-ring (bicyclic) bond motifs is 1. The molecule has 1 aromatic carbocycles. The summed E-state index contributed by atoms with van der Waals surface area (Å²) in [5.41, 5.74) is 2.22. The first-order valence-corrected chi connectivity index (χ1v) is 9.15. The fourth-order valence-corrected chi connectivity index (χ4v) is 3.28. The molecule has 3 heterocycles. The molecule has 1 N–H and O–H groups in total. The average Bonchev–Trinajstić information content (AvgIpc) is 2.74. The summed E-state index contributed by atoms with van der Waals surface area (Å²) in [7, 11) is 0. The van der Waals surface area contributed by atoms with E-state index in [0.29, 0.717) is 32.1 Å². The van der Waals surface area contributed by atoms with E-state index in [1.165, 1.54) is 6.08 Å². The summed E-state index contributed by atoms with van der Waals surface area (Å²) < 4.78 is 11.0. The first-order valence-electron chi connectivity index (χ1n) is 9.15. The monoisotopic (exact) mass is 369 g/mol. The lowest BCUT2D eigenvalue weighted by Gasteiger charge is -2.34. The van der Waals surface area contributed by atoms with Gasteiger partial charge >= 0.3 is 0 Å². The van der Waals surface area contributed by atoms with Crippen LogP contribution in [0.5, 0.6) is 0 Å². The highest BCUT2D eigenvalue weighted by Gasteiger charge is 2.23. The largest absolute Gasteiger partial charge is 0.378 e. The Bertz CT molecular complexity index is 845. The highest BCUT2D eigenvalue weighted by atomic mass is 16.5. The number of nitrogens with zero attached hydrogens (tertiary/aromatic N) is 4. The van der Waals surface area contributed by atoms with Crippen LogP contribution in [0.15, 0.2) is 30.9 Å². The number of amides is 1. The van der Waals surface area contributed by atoms with Crippen molar-refractivity contribution in [1.82, 2.24) is 9.97 Å². The molecule has 0 unspecified atom stereocenters. The molecule has 2 saturated heterocycles. The number of carbonyl (C=O) groups excluding carboxylic acids is 1. The summed E-state index contributed by atoms with van der Waals surface area (Å²) in [6.07, 6.45) is 1.25. The van der Waals surface area contributed by atoms with Crippen molar-refractivity contribution in [3.8, 4) is 0 Å². The van der Waals surface area contributed by atoms with Crippen LogP contribution in [0.25, 0.3) is 11.0 Å². The van der Waals surface area contributed by atoms with E-state index in [2.05, 4.69) is 21.7 Å². The molecule has 27 heavy (non-hydrogen) atoms. The summed E-state index contributed by atoms with van der Waals surface area (Å²) in [5, 5.41) is 2.78. The van der Waals surface area contributed by atoms with Gasteiger partial charge in [-0.1, -0.05) is 6.58 Å². The molecule has 2 aliphatic heterocycles. The first kappa shape index (κ1) is 17.7. The van der Waals surface area contributed by atoms with E-state index in [1.54, 1.807) is 0 Å². The van der Waals surface area contributed by atoms with Gasteiger partial charge in [0, 0.05) is 31.9 Å². The fraction of sp³-hybridized carbons (Fsp3) is 0.421. The first-order chi connectivity index (χ1) is 13.2. The molecule has 0 radical (unpaired) electrons. The summed E-state index contributed by atoms with van der Waals surface area (Å²) in [6, 6.07) is 5.56.